The summed E-state index contributed by atoms with van der Waals surface area (Å²) < 4.78 is 10.7. The van der Waals surface area contributed by atoms with Crippen molar-refractivity contribution in [1.29, 1.82) is 0 Å². The molecule has 0 saturated carbocycles. The molecule has 0 aliphatic rings. The average Bonchev–Trinajstić information content (AvgIpc) is 2.25. The van der Waals surface area contributed by atoms with Crippen molar-refractivity contribution in [2.24, 2.45) is 0 Å². The number of rotatable bonds is 6. The van der Waals surface area contributed by atoms with Crippen LogP contribution in [-0.2, 0) is 0 Å². The minimum Gasteiger partial charge on any atom is -0.508 e. The maximum absolute atomic E-state index is 9.28. The second kappa shape index (κ2) is 5.75. The Balaban J connectivity index is 2.81. The Hall–Kier alpha value is -1.90. The van der Waals surface area contributed by atoms with E-state index in [2.05, 4.69) is 13.2 Å². The van der Waals surface area contributed by atoms with Crippen LogP contribution in [0.15, 0.2) is 43.5 Å². The Morgan fingerprint density at radius 3 is 2.27 bits per heavy atom. The fourth-order valence-electron chi connectivity index (χ4n) is 1.03. The van der Waals surface area contributed by atoms with E-state index in [-0.39, 0.29) is 5.75 Å². The minimum absolute atomic E-state index is 0.139. The molecular weight excluding hydrogens is 192 g/mol. The van der Waals surface area contributed by atoms with Crippen LogP contribution in [0.3, 0.4) is 0 Å². The van der Waals surface area contributed by atoms with Crippen LogP contribution in [0.4, 0.5) is 0 Å². The van der Waals surface area contributed by atoms with Crippen molar-refractivity contribution in [3.05, 3.63) is 43.5 Å². The molecule has 0 saturated heterocycles. The van der Waals surface area contributed by atoms with Crippen molar-refractivity contribution in [3.63, 3.8) is 0 Å². The molecule has 0 unspecified atom stereocenters. The van der Waals surface area contributed by atoms with Crippen molar-refractivity contribution in [3.8, 4) is 17.2 Å². The topological polar surface area (TPSA) is 38.7 Å². The first kappa shape index (κ1) is 11.2. The normalized spacial score (nSPS) is 9.33. The molecule has 0 amide bonds. The molecule has 1 rings (SSSR count). The third kappa shape index (κ3) is 3.38. The van der Waals surface area contributed by atoms with E-state index in [4.69, 9.17) is 9.47 Å². The summed E-state index contributed by atoms with van der Waals surface area (Å²) in [5, 5.41) is 9.28. The highest BCUT2D eigenvalue weighted by Crippen LogP contribution is 2.30. The molecule has 1 aromatic rings. The molecule has 3 nitrogen and oxygen atoms in total. The number of hydrogen-bond donors (Lipinski definition) is 1. The fraction of sp³-hybridized carbons (Fsp3) is 0.167. The fourth-order valence-corrected chi connectivity index (χ4v) is 1.03. The second-order valence-electron chi connectivity index (χ2n) is 2.83. The van der Waals surface area contributed by atoms with Gasteiger partial charge in [-0.05, 0) is 12.1 Å². The lowest BCUT2D eigenvalue weighted by Crippen LogP contribution is -1.98. The molecule has 0 atom stereocenters. The first-order valence-electron chi connectivity index (χ1n) is 4.58. The van der Waals surface area contributed by atoms with Crippen molar-refractivity contribution in [2.75, 3.05) is 13.2 Å². The maximum Gasteiger partial charge on any atom is 0.165 e. The van der Waals surface area contributed by atoms with Gasteiger partial charge in [0.15, 0.2) is 11.5 Å². The number of phenolic OH excluding ortho intramolecular Hbond substituents is 1. The van der Waals surface area contributed by atoms with Crippen molar-refractivity contribution < 1.29 is 14.6 Å². The van der Waals surface area contributed by atoms with Gasteiger partial charge in [-0.15, -0.1) is 0 Å². The zero-order valence-corrected chi connectivity index (χ0v) is 8.48. The molecular formula is C12H14O3. The molecule has 0 aliphatic heterocycles. The summed E-state index contributed by atoms with van der Waals surface area (Å²) in [5.41, 5.74) is 0. The highest BCUT2D eigenvalue weighted by molar-refractivity contribution is 5.45. The number of phenols is 1. The van der Waals surface area contributed by atoms with Crippen LogP contribution < -0.4 is 9.47 Å². The van der Waals surface area contributed by atoms with E-state index >= 15 is 0 Å². The molecule has 0 radical (unpaired) electrons. The Morgan fingerprint density at radius 1 is 1.07 bits per heavy atom. The van der Waals surface area contributed by atoms with E-state index < -0.39 is 0 Å². The summed E-state index contributed by atoms with van der Waals surface area (Å²) in [6.07, 6.45) is 3.27. The Bertz CT molecular complexity index is 345. The predicted octanol–water partition coefficient (Wildman–Crippen LogP) is 2.52. The van der Waals surface area contributed by atoms with Crippen LogP contribution in [0.5, 0.6) is 17.2 Å². The minimum atomic E-state index is 0.139. The van der Waals surface area contributed by atoms with E-state index in [1.807, 2.05) is 0 Å². The molecule has 0 heterocycles. The van der Waals surface area contributed by atoms with Crippen LogP contribution in [0.25, 0.3) is 0 Å². The van der Waals surface area contributed by atoms with Crippen molar-refractivity contribution in [2.45, 2.75) is 0 Å². The third-order valence-corrected chi connectivity index (χ3v) is 1.64. The Labute approximate surface area is 89.3 Å². The molecule has 0 spiro atoms. The van der Waals surface area contributed by atoms with Gasteiger partial charge in [-0.1, -0.05) is 25.3 Å². The van der Waals surface area contributed by atoms with Gasteiger partial charge < -0.3 is 14.6 Å². The van der Waals surface area contributed by atoms with E-state index in [1.54, 1.807) is 24.3 Å². The predicted molar refractivity (Wildman–Crippen MR) is 59.5 cm³/mol. The summed E-state index contributed by atoms with van der Waals surface area (Å²) >= 11 is 0. The van der Waals surface area contributed by atoms with Gasteiger partial charge in [0.1, 0.15) is 19.0 Å². The zero-order chi connectivity index (χ0) is 11.1. The molecule has 0 aromatic heterocycles. The highest BCUT2D eigenvalue weighted by atomic mass is 16.5. The first-order valence-corrected chi connectivity index (χ1v) is 4.58. The molecule has 3 heteroatoms. The van der Waals surface area contributed by atoms with Crippen molar-refractivity contribution in [1.82, 2.24) is 0 Å². The highest BCUT2D eigenvalue weighted by Gasteiger charge is 2.05. The zero-order valence-electron chi connectivity index (χ0n) is 8.48. The monoisotopic (exact) mass is 206 g/mol. The molecule has 0 fully saturated rings. The summed E-state index contributed by atoms with van der Waals surface area (Å²) in [5.74, 6) is 1.21. The lowest BCUT2D eigenvalue weighted by molar-refractivity contribution is 0.306. The van der Waals surface area contributed by atoms with Crippen LogP contribution in [0.1, 0.15) is 0 Å². The van der Waals surface area contributed by atoms with E-state index in [1.165, 1.54) is 6.07 Å². The number of hydrogen-bond acceptors (Lipinski definition) is 3. The molecule has 0 bridgehead atoms. The van der Waals surface area contributed by atoms with Crippen molar-refractivity contribution >= 4 is 0 Å². The van der Waals surface area contributed by atoms with Crippen LogP contribution in [0, 0.1) is 0 Å². The maximum atomic E-state index is 9.28. The quantitative estimate of drug-likeness (QED) is 0.727. The summed E-state index contributed by atoms with van der Waals surface area (Å²) in [4.78, 5) is 0. The molecule has 15 heavy (non-hydrogen) atoms. The summed E-state index contributed by atoms with van der Waals surface area (Å²) in [6.45, 7) is 7.87. The number of ether oxygens (including phenoxy) is 2. The Morgan fingerprint density at radius 2 is 1.67 bits per heavy atom. The smallest absolute Gasteiger partial charge is 0.165 e. The average molecular weight is 206 g/mol. The van der Waals surface area contributed by atoms with Gasteiger partial charge in [0.2, 0.25) is 0 Å². The molecule has 80 valence electrons. The number of aromatic hydroxyl groups is 1. The van der Waals surface area contributed by atoms with Gasteiger partial charge in [-0.3, -0.25) is 0 Å². The van der Waals surface area contributed by atoms with Crippen LogP contribution in [-0.4, -0.2) is 18.3 Å². The van der Waals surface area contributed by atoms with Crippen LogP contribution in [0.2, 0.25) is 0 Å². The van der Waals surface area contributed by atoms with E-state index in [9.17, 15) is 5.11 Å². The standard InChI is InChI=1S/C12H14O3/c1-3-7-14-11-6-5-10(13)9-12(11)15-8-4-2/h3-6,9,13H,1-2,7-8H2. The second-order valence-corrected chi connectivity index (χ2v) is 2.83. The SMILES string of the molecule is C=CCOc1ccc(O)cc1OCC=C. The largest absolute Gasteiger partial charge is 0.508 e. The lowest BCUT2D eigenvalue weighted by atomic mass is 10.3. The van der Waals surface area contributed by atoms with E-state index in [0.29, 0.717) is 24.7 Å². The molecule has 1 aromatic carbocycles. The summed E-state index contributed by atoms with van der Waals surface area (Å²) in [7, 11) is 0. The Kier molecular flexibility index (Phi) is 4.29. The van der Waals surface area contributed by atoms with Gasteiger partial charge in [-0.25, -0.2) is 0 Å². The van der Waals surface area contributed by atoms with E-state index in [0.717, 1.165) is 0 Å². The van der Waals surface area contributed by atoms with Gasteiger partial charge in [0.05, 0.1) is 0 Å². The van der Waals surface area contributed by atoms with Gasteiger partial charge in [0.25, 0.3) is 0 Å². The molecule has 1 N–H and O–H groups in total. The van der Waals surface area contributed by atoms with Gasteiger partial charge in [-0.2, -0.15) is 0 Å². The van der Waals surface area contributed by atoms with Gasteiger partial charge in [0, 0.05) is 6.07 Å². The first-order chi connectivity index (χ1) is 7.27. The third-order valence-electron chi connectivity index (χ3n) is 1.64. The summed E-state index contributed by atoms with van der Waals surface area (Å²) in [6, 6.07) is 4.69. The van der Waals surface area contributed by atoms with Crippen LogP contribution >= 0.6 is 0 Å². The lowest BCUT2D eigenvalue weighted by Gasteiger charge is -2.10. The number of benzene rings is 1. The van der Waals surface area contributed by atoms with Gasteiger partial charge >= 0.3 is 0 Å². The molecule has 0 aliphatic carbocycles.